The highest BCUT2D eigenvalue weighted by Crippen LogP contribution is 2.02. The quantitative estimate of drug-likeness (QED) is 0.518. The fraction of sp³-hybridized carbons (Fsp3) is 0.125. The lowest BCUT2D eigenvalue weighted by molar-refractivity contribution is 1.59. The Hall–Kier alpha value is -0.760. The normalized spacial score (nSPS) is 30.4. The molecule has 1 aliphatic rings. The Labute approximate surface area is 65.2 Å². The molecule has 0 fully saturated rings. The van der Waals surface area contributed by atoms with Crippen molar-refractivity contribution in [2.24, 2.45) is 4.99 Å². The summed E-state index contributed by atoms with van der Waals surface area (Å²) in [4.78, 5) is 3.98. The van der Waals surface area contributed by atoms with Crippen LogP contribution in [0.5, 0.6) is 0 Å². The summed E-state index contributed by atoms with van der Waals surface area (Å²) >= 11 is 1.77. The maximum Gasteiger partial charge on any atom is 0.0267 e. The van der Waals surface area contributed by atoms with E-state index in [2.05, 4.69) is 16.5 Å². The van der Waals surface area contributed by atoms with Crippen molar-refractivity contribution in [3.8, 4) is 0 Å². The number of aliphatic imine (C=N–C) groups is 1. The molecule has 0 atom stereocenters. The second kappa shape index (κ2) is 5.06. The third-order valence-corrected chi connectivity index (χ3v) is 1.69. The lowest BCUT2D eigenvalue weighted by Gasteiger charge is -1.85. The van der Waals surface area contributed by atoms with Crippen LogP contribution in [0.2, 0.25) is 0 Å². The number of allylic oxidation sites excluding steroid dienone is 3. The van der Waals surface area contributed by atoms with Gasteiger partial charge in [0.2, 0.25) is 0 Å². The Morgan fingerprint density at radius 3 is 3.20 bits per heavy atom. The molecule has 1 aliphatic heterocycles. The van der Waals surface area contributed by atoms with E-state index >= 15 is 0 Å². The molecule has 0 N–H and O–H groups in total. The highest BCUT2D eigenvalue weighted by Gasteiger charge is 1.75. The summed E-state index contributed by atoms with van der Waals surface area (Å²) in [6.07, 6.45) is 11.5. The van der Waals surface area contributed by atoms with Crippen molar-refractivity contribution < 1.29 is 0 Å². The molecule has 0 bridgehead atoms. The predicted octanol–water partition coefficient (Wildman–Crippen LogP) is 2.39. The minimum Gasteiger partial charge on any atom is -0.265 e. The molecule has 0 saturated heterocycles. The molecule has 0 radical (unpaired) electrons. The molecule has 1 heterocycles. The van der Waals surface area contributed by atoms with E-state index in [0.717, 1.165) is 5.75 Å². The lowest BCUT2D eigenvalue weighted by Crippen LogP contribution is -1.69. The van der Waals surface area contributed by atoms with Crippen LogP contribution in [0.1, 0.15) is 0 Å². The molecule has 2 heteroatoms. The molecule has 0 unspecified atom stereocenters. The van der Waals surface area contributed by atoms with Crippen LogP contribution in [0.4, 0.5) is 0 Å². The van der Waals surface area contributed by atoms with Gasteiger partial charge in [-0.25, -0.2) is 0 Å². The monoisotopic (exact) mass is 151 g/mol. The van der Waals surface area contributed by atoms with E-state index in [1.54, 1.807) is 24.2 Å². The summed E-state index contributed by atoms with van der Waals surface area (Å²) in [5, 5.41) is 2.06. The molecular weight excluding hydrogens is 142 g/mol. The van der Waals surface area contributed by atoms with Gasteiger partial charge in [-0.15, -0.1) is 11.8 Å². The smallest absolute Gasteiger partial charge is 0.0267 e. The largest absolute Gasteiger partial charge is 0.265 e. The molecule has 0 aliphatic carbocycles. The molecule has 52 valence electrons. The summed E-state index contributed by atoms with van der Waals surface area (Å²) in [6.45, 7) is 0. The SMILES string of the molecule is C1=C\N=C\C=C/CS\C=C/1. The van der Waals surface area contributed by atoms with Crippen LogP contribution < -0.4 is 0 Å². The van der Waals surface area contributed by atoms with Crippen LogP contribution in [-0.4, -0.2) is 12.0 Å². The molecule has 0 amide bonds. The molecule has 10 heavy (non-hydrogen) atoms. The van der Waals surface area contributed by atoms with Gasteiger partial charge in [0, 0.05) is 18.2 Å². The summed E-state index contributed by atoms with van der Waals surface area (Å²) in [5.74, 6) is 1.02. The fourth-order valence-electron chi connectivity index (χ4n) is 0.527. The van der Waals surface area contributed by atoms with Crippen LogP contribution in [-0.2, 0) is 0 Å². The maximum absolute atomic E-state index is 3.98. The van der Waals surface area contributed by atoms with Crippen molar-refractivity contribution in [2.75, 3.05) is 5.75 Å². The van der Waals surface area contributed by atoms with E-state index in [-0.39, 0.29) is 0 Å². The Morgan fingerprint density at radius 2 is 2.20 bits per heavy atom. The van der Waals surface area contributed by atoms with Gasteiger partial charge in [0.25, 0.3) is 0 Å². The first-order valence-corrected chi connectivity index (χ1v) is 4.16. The first-order chi connectivity index (χ1) is 5.00. The van der Waals surface area contributed by atoms with Gasteiger partial charge in [-0.2, -0.15) is 0 Å². The van der Waals surface area contributed by atoms with Crippen molar-refractivity contribution >= 4 is 18.0 Å². The minimum atomic E-state index is 1.02. The Morgan fingerprint density at radius 1 is 1.20 bits per heavy atom. The van der Waals surface area contributed by atoms with Crippen molar-refractivity contribution in [3.63, 3.8) is 0 Å². The second-order valence-electron chi connectivity index (χ2n) is 1.73. The number of hydrogen-bond donors (Lipinski definition) is 0. The minimum absolute atomic E-state index is 1.02. The molecule has 0 aromatic heterocycles. The zero-order chi connectivity index (χ0) is 7.07. The zero-order valence-electron chi connectivity index (χ0n) is 5.60. The van der Waals surface area contributed by atoms with Gasteiger partial charge in [-0.1, -0.05) is 12.2 Å². The van der Waals surface area contributed by atoms with Gasteiger partial charge in [-0.3, -0.25) is 4.99 Å². The van der Waals surface area contributed by atoms with Crippen molar-refractivity contribution in [2.45, 2.75) is 0 Å². The zero-order valence-corrected chi connectivity index (χ0v) is 6.42. The van der Waals surface area contributed by atoms with Gasteiger partial charge in [-0.05, 0) is 17.6 Å². The Kier molecular flexibility index (Phi) is 3.72. The van der Waals surface area contributed by atoms with Crippen LogP contribution in [0, 0.1) is 0 Å². The first kappa shape index (κ1) is 7.35. The van der Waals surface area contributed by atoms with Gasteiger partial charge in [0.1, 0.15) is 0 Å². The summed E-state index contributed by atoms with van der Waals surface area (Å²) in [6, 6.07) is 0. The van der Waals surface area contributed by atoms with Crippen molar-refractivity contribution in [1.82, 2.24) is 0 Å². The Balaban J connectivity index is 2.53. The van der Waals surface area contributed by atoms with E-state index in [4.69, 9.17) is 0 Å². The van der Waals surface area contributed by atoms with Gasteiger partial charge < -0.3 is 0 Å². The molecule has 0 aromatic rings. The summed E-state index contributed by atoms with van der Waals surface area (Å²) in [7, 11) is 0. The van der Waals surface area contributed by atoms with Crippen molar-refractivity contribution in [1.29, 1.82) is 0 Å². The average molecular weight is 151 g/mol. The third-order valence-electron chi connectivity index (χ3n) is 0.959. The summed E-state index contributed by atoms with van der Waals surface area (Å²) in [5.41, 5.74) is 0. The van der Waals surface area contributed by atoms with Gasteiger partial charge in [0.15, 0.2) is 0 Å². The molecule has 0 saturated carbocycles. The van der Waals surface area contributed by atoms with Gasteiger partial charge >= 0.3 is 0 Å². The van der Waals surface area contributed by atoms with E-state index in [0.29, 0.717) is 0 Å². The molecular formula is C8H9NS. The lowest BCUT2D eigenvalue weighted by atomic mass is 10.5. The van der Waals surface area contributed by atoms with E-state index in [1.807, 2.05) is 18.2 Å². The van der Waals surface area contributed by atoms with Crippen LogP contribution in [0.3, 0.4) is 0 Å². The number of nitrogens with zero attached hydrogens (tertiary/aromatic N) is 1. The average Bonchev–Trinajstić information content (AvgIpc) is 2.01. The fourth-order valence-corrected chi connectivity index (χ4v) is 1.06. The van der Waals surface area contributed by atoms with Crippen LogP contribution >= 0.6 is 11.8 Å². The summed E-state index contributed by atoms with van der Waals surface area (Å²) < 4.78 is 0. The van der Waals surface area contributed by atoms with Crippen LogP contribution in [0.25, 0.3) is 0 Å². The second-order valence-corrected chi connectivity index (χ2v) is 2.67. The topological polar surface area (TPSA) is 12.4 Å². The highest BCUT2D eigenvalue weighted by molar-refractivity contribution is 8.02. The van der Waals surface area contributed by atoms with E-state index < -0.39 is 0 Å². The van der Waals surface area contributed by atoms with Crippen LogP contribution in [0.15, 0.2) is 40.9 Å². The van der Waals surface area contributed by atoms with Crippen molar-refractivity contribution in [3.05, 3.63) is 35.9 Å². The molecule has 1 rings (SSSR count). The molecule has 0 aromatic carbocycles. The number of thioether (sulfide) groups is 1. The Bertz CT molecular complexity index is 167. The first-order valence-electron chi connectivity index (χ1n) is 3.12. The molecule has 0 spiro atoms. The molecule has 1 nitrogen and oxygen atoms in total. The van der Waals surface area contributed by atoms with E-state index in [9.17, 15) is 0 Å². The highest BCUT2D eigenvalue weighted by atomic mass is 32.2. The maximum atomic E-state index is 3.98. The van der Waals surface area contributed by atoms with Gasteiger partial charge in [0.05, 0.1) is 0 Å². The standard InChI is InChI=1S/C8H9NS/c1-3-7-10-8-4-2-6-9-5-1/h1-7H,8H2/b4-2-,5-1-,7-3-,9-6+. The number of hydrogen-bond acceptors (Lipinski definition) is 2. The predicted molar refractivity (Wildman–Crippen MR) is 48.4 cm³/mol. The van der Waals surface area contributed by atoms with E-state index in [1.165, 1.54) is 0 Å². The third kappa shape index (κ3) is 3.30. The number of rotatable bonds is 0.